The normalized spacial score (nSPS) is 29.1. The molecule has 3 N–H and O–H groups in total. The molecule has 2 rings (SSSR count). The molecule has 0 aliphatic carbocycles. The maximum absolute atomic E-state index is 11.6. The highest BCUT2D eigenvalue weighted by atomic mass is 32.2. The number of thioether (sulfide) groups is 1. The predicted octanol–water partition coefficient (Wildman–Crippen LogP) is 0.0697. The van der Waals surface area contributed by atoms with E-state index < -0.39 is 0 Å². The van der Waals surface area contributed by atoms with Gasteiger partial charge >= 0.3 is 0 Å². The van der Waals surface area contributed by atoms with Crippen molar-refractivity contribution in [3.63, 3.8) is 0 Å². The highest BCUT2D eigenvalue weighted by Crippen LogP contribution is 2.13. The summed E-state index contributed by atoms with van der Waals surface area (Å²) in [4.78, 5) is 22.5. The van der Waals surface area contributed by atoms with E-state index in [-0.39, 0.29) is 17.2 Å². The van der Waals surface area contributed by atoms with Crippen molar-refractivity contribution in [1.29, 1.82) is 0 Å². The lowest BCUT2D eigenvalue weighted by Gasteiger charge is -2.13. The molecule has 0 aromatic rings. The fraction of sp³-hybridized carbons (Fsp3) is 0.800. The second-order valence-electron chi connectivity index (χ2n) is 4.17. The molecule has 90 valence electrons. The highest BCUT2D eigenvalue weighted by Gasteiger charge is 2.27. The molecule has 0 aromatic carbocycles. The fourth-order valence-corrected chi connectivity index (χ4v) is 2.80. The fourth-order valence-electron chi connectivity index (χ4n) is 2.02. The van der Waals surface area contributed by atoms with E-state index in [1.54, 1.807) is 0 Å². The SMILES string of the molecule is O=C1NC(C(=O)NCCC2CCCN2)CS1. The molecule has 2 fully saturated rings. The van der Waals surface area contributed by atoms with Crippen LogP contribution in [0.25, 0.3) is 0 Å². The van der Waals surface area contributed by atoms with Crippen LogP contribution >= 0.6 is 11.8 Å². The Morgan fingerprint density at radius 1 is 1.56 bits per heavy atom. The van der Waals surface area contributed by atoms with Gasteiger partial charge in [-0.3, -0.25) is 9.59 Å². The monoisotopic (exact) mass is 243 g/mol. The maximum atomic E-state index is 11.6. The summed E-state index contributed by atoms with van der Waals surface area (Å²) < 4.78 is 0. The van der Waals surface area contributed by atoms with E-state index in [2.05, 4.69) is 16.0 Å². The van der Waals surface area contributed by atoms with Gasteiger partial charge in [-0.15, -0.1) is 0 Å². The van der Waals surface area contributed by atoms with Gasteiger partial charge in [0.25, 0.3) is 5.24 Å². The van der Waals surface area contributed by atoms with Crippen LogP contribution in [0.1, 0.15) is 19.3 Å². The molecule has 2 heterocycles. The molecule has 0 saturated carbocycles. The van der Waals surface area contributed by atoms with Crippen LogP contribution in [0, 0.1) is 0 Å². The van der Waals surface area contributed by atoms with Crippen molar-refractivity contribution >= 4 is 22.9 Å². The Balaban J connectivity index is 1.61. The second kappa shape index (κ2) is 5.54. The molecular weight excluding hydrogens is 226 g/mol. The predicted molar refractivity (Wildman–Crippen MR) is 63.4 cm³/mol. The first-order chi connectivity index (χ1) is 7.75. The van der Waals surface area contributed by atoms with Crippen molar-refractivity contribution in [1.82, 2.24) is 16.0 Å². The molecule has 2 aliphatic heterocycles. The third kappa shape index (κ3) is 3.12. The summed E-state index contributed by atoms with van der Waals surface area (Å²) in [7, 11) is 0. The quantitative estimate of drug-likeness (QED) is 0.653. The lowest BCUT2D eigenvalue weighted by Crippen LogP contribution is -2.43. The van der Waals surface area contributed by atoms with Gasteiger partial charge in [0, 0.05) is 18.3 Å². The lowest BCUT2D eigenvalue weighted by atomic mass is 10.1. The number of amides is 2. The van der Waals surface area contributed by atoms with E-state index in [4.69, 9.17) is 0 Å². The number of hydrogen-bond acceptors (Lipinski definition) is 4. The van der Waals surface area contributed by atoms with Crippen molar-refractivity contribution in [2.24, 2.45) is 0 Å². The maximum Gasteiger partial charge on any atom is 0.279 e. The number of nitrogens with one attached hydrogen (secondary N) is 3. The molecule has 16 heavy (non-hydrogen) atoms. The summed E-state index contributed by atoms with van der Waals surface area (Å²) in [6.45, 7) is 1.78. The van der Waals surface area contributed by atoms with Crippen LogP contribution in [-0.2, 0) is 4.79 Å². The number of rotatable bonds is 4. The Hall–Kier alpha value is -0.750. The minimum atomic E-state index is -0.339. The topological polar surface area (TPSA) is 70.2 Å². The molecule has 0 spiro atoms. The molecule has 2 unspecified atom stereocenters. The van der Waals surface area contributed by atoms with Crippen LogP contribution in [0.4, 0.5) is 4.79 Å². The summed E-state index contributed by atoms with van der Waals surface area (Å²) in [6, 6.07) is 0.210. The minimum Gasteiger partial charge on any atom is -0.354 e. The van der Waals surface area contributed by atoms with Crippen molar-refractivity contribution < 1.29 is 9.59 Å². The Kier molecular flexibility index (Phi) is 4.06. The average molecular weight is 243 g/mol. The van der Waals surface area contributed by atoms with Crippen LogP contribution in [-0.4, -0.2) is 42.1 Å². The van der Waals surface area contributed by atoms with Crippen LogP contribution in [0.15, 0.2) is 0 Å². The van der Waals surface area contributed by atoms with E-state index in [9.17, 15) is 9.59 Å². The highest BCUT2D eigenvalue weighted by molar-refractivity contribution is 8.14. The summed E-state index contributed by atoms with van der Waals surface area (Å²) in [5, 5.41) is 8.78. The molecule has 2 atom stereocenters. The first kappa shape index (κ1) is 11.7. The molecule has 2 amide bonds. The van der Waals surface area contributed by atoms with Crippen molar-refractivity contribution in [3.8, 4) is 0 Å². The standard InChI is InChI=1S/C10H17N3O2S/c14-9(8-6-16-10(15)13-8)12-5-3-7-2-1-4-11-7/h7-8,11H,1-6H2,(H,12,14)(H,13,15). The molecule has 0 aromatic heterocycles. The Labute approximate surface area is 99.1 Å². The third-order valence-electron chi connectivity index (χ3n) is 2.94. The Morgan fingerprint density at radius 2 is 2.44 bits per heavy atom. The zero-order valence-corrected chi connectivity index (χ0v) is 9.94. The molecule has 0 bridgehead atoms. The molecule has 2 saturated heterocycles. The Bertz CT molecular complexity index is 279. The van der Waals surface area contributed by atoms with Crippen molar-refractivity contribution in [2.75, 3.05) is 18.8 Å². The van der Waals surface area contributed by atoms with E-state index in [1.165, 1.54) is 24.6 Å². The van der Waals surface area contributed by atoms with Gasteiger partial charge in [0.2, 0.25) is 5.91 Å². The summed E-state index contributed by atoms with van der Waals surface area (Å²) in [5.41, 5.74) is 0. The first-order valence-corrected chi connectivity index (χ1v) is 6.68. The van der Waals surface area contributed by atoms with Crippen LogP contribution < -0.4 is 16.0 Å². The van der Waals surface area contributed by atoms with Crippen LogP contribution in [0.5, 0.6) is 0 Å². The summed E-state index contributed by atoms with van der Waals surface area (Å²) in [5.74, 6) is 0.489. The number of carbonyl (C=O) groups excluding carboxylic acids is 2. The third-order valence-corrected chi connectivity index (χ3v) is 3.82. The van der Waals surface area contributed by atoms with Gasteiger partial charge in [0.05, 0.1) is 0 Å². The molecule has 5 nitrogen and oxygen atoms in total. The van der Waals surface area contributed by atoms with Gasteiger partial charge in [-0.1, -0.05) is 11.8 Å². The van der Waals surface area contributed by atoms with E-state index >= 15 is 0 Å². The van der Waals surface area contributed by atoms with Crippen LogP contribution in [0.2, 0.25) is 0 Å². The van der Waals surface area contributed by atoms with Gasteiger partial charge in [-0.05, 0) is 25.8 Å². The molecule has 0 radical (unpaired) electrons. The molecule has 2 aliphatic rings. The van der Waals surface area contributed by atoms with Gasteiger partial charge in [-0.2, -0.15) is 0 Å². The smallest absolute Gasteiger partial charge is 0.279 e. The molecular formula is C10H17N3O2S. The Morgan fingerprint density at radius 3 is 3.06 bits per heavy atom. The summed E-state index contributed by atoms with van der Waals surface area (Å²) >= 11 is 1.17. The second-order valence-corrected chi connectivity index (χ2v) is 5.16. The number of hydrogen-bond donors (Lipinski definition) is 3. The van der Waals surface area contributed by atoms with Gasteiger partial charge in [-0.25, -0.2) is 0 Å². The van der Waals surface area contributed by atoms with Gasteiger partial charge < -0.3 is 16.0 Å². The zero-order valence-electron chi connectivity index (χ0n) is 9.12. The van der Waals surface area contributed by atoms with Crippen molar-refractivity contribution in [3.05, 3.63) is 0 Å². The van der Waals surface area contributed by atoms with Gasteiger partial charge in [0.1, 0.15) is 6.04 Å². The lowest BCUT2D eigenvalue weighted by molar-refractivity contribution is -0.122. The first-order valence-electron chi connectivity index (χ1n) is 5.70. The zero-order chi connectivity index (χ0) is 11.4. The van der Waals surface area contributed by atoms with E-state index in [0.29, 0.717) is 18.3 Å². The minimum absolute atomic E-state index is 0.0589. The van der Waals surface area contributed by atoms with Crippen molar-refractivity contribution in [2.45, 2.75) is 31.3 Å². The molecule has 6 heteroatoms. The van der Waals surface area contributed by atoms with E-state index in [0.717, 1.165) is 13.0 Å². The average Bonchev–Trinajstić information content (AvgIpc) is 2.89. The number of carbonyl (C=O) groups is 2. The largest absolute Gasteiger partial charge is 0.354 e. The van der Waals surface area contributed by atoms with Crippen LogP contribution in [0.3, 0.4) is 0 Å². The summed E-state index contributed by atoms with van der Waals surface area (Å²) in [6.07, 6.45) is 3.40. The van der Waals surface area contributed by atoms with Gasteiger partial charge in [0.15, 0.2) is 0 Å². The van der Waals surface area contributed by atoms with E-state index in [1.807, 2.05) is 0 Å².